The van der Waals surface area contributed by atoms with E-state index >= 15 is 0 Å². The van der Waals surface area contributed by atoms with Crippen molar-refractivity contribution >= 4 is 23.7 Å². The molecule has 0 aliphatic heterocycles. The van der Waals surface area contributed by atoms with Crippen molar-refractivity contribution in [2.75, 3.05) is 31.8 Å². The van der Waals surface area contributed by atoms with E-state index in [2.05, 4.69) is 9.47 Å². The normalized spacial score (nSPS) is 9.38. The highest BCUT2D eigenvalue weighted by atomic mass is 32.2. The molecule has 1 N–H and O–H groups in total. The fourth-order valence-corrected chi connectivity index (χ4v) is 0.724. The number of hydrogen-bond acceptors (Lipinski definition) is 6. The van der Waals surface area contributed by atoms with Crippen molar-refractivity contribution in [3.05, 3.63) is 0 Å². The van der Waals surface area contributed by atoms with Gasteiger partial charge in [-0.15, -0.1) is 0 Å². The van der Waals surface area contributed by atoms with Gasteiger partial charge in [0.05, 0.1) is 6.61 Å². The third-order valence-electron chi connectivity index (χ3n) is 1.01. The lowest BCUT2D eigenvalue weighted by molar-refractivity contribution is -0.167. The summed E-state index contributed by atoms with van der Waals surface area (Å²) in [4.78, 5) is 21.4. The minimum atomic E-state index is -1.06. The quantitative estimate of drug-likeness (QED) is 0.370. The van der Waals surface area contributed by atoms with Crippen molar-refractivity contribution in [3.8, 4) is 0 Å². The van der Waals surface area contributed by atoms with Crippen molar-refractivity contribution in [3.63, 3.8) is 0 Å². The van der Waals surface area contributed by atoms with Gasteiger partial charge >= 0.3 is 11.9 Å². The van der Waals surface area contributed by atoms with Crippen LogP contribution in [0.3, 0.4) is 0 Å². The van der Waals surface area contributed by atoms with E-state index in [1.165, 1.54) is 11.8 Å². The Balaban J connectivity index is 3.51. The summed E-state index contributed by atoms with van der Waals surface area (Å²) >= 11 is 1.50. The van der Waals surface area contributed by atoms with Gasteiger partial charge in [0, 0.05) is 5.75 Å². The van der Waals surface area contributed by atoms with E-state index in [9.17, 15) is 9.59 Å². The molecule has 0 aromatic rings. The predicted molar refractivity (Wildman–Crippen MR) is 47.4 cm³/mol. The monoisotopic (exact) mass is 208 g/mol. The summed E-state index contributed by atoms with van der Waals surface area (Å²) in [7, 11) is 0. The zero-order valence-corrected chi connectivity index (χ0v) is 8.13. The second-order valence-corrected chi connectivity index (χ2v) is 2.97. The maximum atomic E-state index is 10.7. The fraction of sp³-hybridized carbons (Fsp3) is 0.714. The summed E-state index contributed by atoms with van der Waals surface area (Å²) in [5, 5.41) is 8.28. The SMILES string of the molecule is CSCCOC(=O)C(=O)OCCO. The Kier molecular flexibility index (Phi) is 7.42. The number of aliphatic hydroxyl groups excluding tert-OH is 1. The minimum Gasteiger partial charge on any atom is -0.456 e. The Labute approximate surface area is 80.4 Å². The number of hydrogen-bond donors (Lipinski definition) is 1. The number of rotatable bonds is 5. The molecule has 0 rings (SSSR count). The Morgan fingerprint density at radius 1 is 1.23 bits per heavy atom. The smallest absolute Gasteiger partial charge is 0.417 e. The van der Waals surface area contributed by atoms with Crippen LogP contribution in [0.15, 0.2) is 0 Å². The van der Waals surface area contributed by atoms with Gasteiger partial charge in [0.1, 0.15) is 13.2 Å². The third-order valence-corrected chi connectivity index (χ3v) is 1.59. The number of ether oxygens (including phenoxy) is 2. The molecule has 0 spiro atoms. The summed E-state index contributed by atoms with van der Waals surface area (Å²) in [6, 6.07) is 0. The molecule has 0 heterocycles. The van der Waals surface area contributed by atoms with Gasteiger partial charge in [0.15, 0.2) is 0 Å². The molecule has 0 aromatic carbocycles. The van der Waals surface area contributed by atoms with Crippen molar-refractivity contribution in [1.29, 1.82) is 0 Å². The Morgan fingerprint density at radius 3 is 2.23 bits per heavy atom. The summed E-state index contributed by atoms with van der Waals surface area (Å²) in [5.41, 5.74) is 0. The molecule has 0 unspecified atom stereocenters. The first kappa shape index (κ1) is 12.2. The zero-order chi connectivity index (χ0) is 10.1. The molecule has 0 bridgehead atoms. The van der Waals surface area contributed by atoms with E-state index in [1.54, 1.807) is 0 Å². The van der Waals surface area contributed by atoms with Gasteiger partial charge in [-0.05, 0) is 6.26 Å². The van der Waals surface area contributed by atoms with Crippen LogP contribution in [0.5, 0.6) is 0 Å². The topological polar surface area (TPSA) is 72.8 Å². The average Bonchev–Trinajstić information content (AvgIpc) is 2.14. The number of esters is 2. The molecule has 76 valence electrons. The van der Waals surface area contributed by atoms with Crippen LogP contribution in [0.1, 0.15) is 0 Å². The van der Waals surface area contributed by atoms with Gasteiger partial charge in [-0.3, -0.25) is 0 Å². The van der Waals surface area contributed by atoms with E-state index < -0.39 is 11.9 Å². The molecule has 13 heavy (non-hydrogen) atoms. The van der Waals surface area contributed by atoms with Gasteiger partial charge in [0.2, 0.25) is 0 Å². The van der Waals surface area contributed by atoms with Crippen LogP contribution in [0.2, 0.25) is 0 Å². The Morgan fingerprint density at radius 2 is 1.77 bits per heavy atom. The second kappa shape index (κ2) is 7.88. The molecule has 0 atom stereocenters. The number of aliphatic hydroxyl groups is 1. The fourth-order valence-electron chi connectivity index (χ4n) is 0.474. The largest absolute Gasteiger partial charge is 0.456 e. The van der Waals surface area contributed by atoms with Gasteiger partial charge in [-0.2, -0.15) is 11.8 Å². The molecular weight excluding hydrogens is 196 g/mol. The standard InChI is InChI=1S/C7H12O5S/c1-13-5-4-12-7(10)6(9)11-3-2-8/h8H,2-5H2,1H3. The maximum absolute atomic E-state index is 10.7. The molecule has 0 radical (unpaired) electrons. The van der Waals surface area contributed by atoms with Gasteiger partial charge in [-0.1, -0.05) is 0 Å². The molecule has 0 amide bonds. The molecule has 0 saturated carbocycles. The third kappa shape index (κ3) is 6.41. The van der Waals surface area contributed by atoms with Crippen LogP contribution < -0.4 is 0 Å². The molecule has 0 fully saturated rings. The lowest BCUT2D eigenvalue weighted by Crippen LogP contribution is -2.22. The van der Waals surface area contributed by atoms with Crippen molar-refractivity contribution in [2.24, 2.45) is 0 Å². The van der Waals surface area contributed by atoms with Crippen molar-refractivity contribution < 1.29 is 24.2 Å². The van der Waals surface area contributed by atoms with Crippen LogP contribution in [0.4, 0.5) is 0 Å². The first-order chi connectivity index (χ1) is 6.22. The van der Waals surface area contributed by atoms with Crippen LogP contribution >= 0.6 is 11.8 Å². The van der Waals surface area contributed by atoms with Crippen LogP contribution in [-0.2, 0) is 19.1 Å². The average molecular weight is 208 g/mol. The lowest BCUT2D eigenvalue weighted by Gasteiger charge is -2.02. The first-order valence-corrected chi connectivity index (χ1v) is 5.05. The molecular formula is C7H12O5S. The minimum absolute atomic E-state index is 0.184. The molecule has 5 nitrogen and oxygen atoms in total. The molecule has 0 aromatic heterocycles. The van der Waals surface area contributed by atoms with Crippen molar-refractivity contribution in [1.82, 2.24) is 0 Å². The number of carbonyl (C=O) groups excluding carboxylic acids is 2. The molecule has 0 aliphatic carbocycles. The van der Waals surface area contributed by atoms with E-state index in [0.29, 0.717) is 5.75 Å². The van der Waals surface area contributed by atoms with E-state index in [0.717, 1.165) is 0 Å². The highest BCUT2D eigenvalue weighted by Crippen LogP contribution is 1.92. The summed E-state index contributed by atoms with van der Waals surface area (Å²) in [5.74, 6) is -1.43. The number of thioether (sulfide) groups is 1. The van der Waals surface area contributed by atoms with E-state index in [1.807, 2.05) is 6.26 Å². The summed E-state index contributed by atoms with van der Waals surface area (Å²) in [6.45, 7) is -0.297. The summed E-state index contributed by atoms with van der Waals surface area (Å²) < 4.78 is 8.84. The predicted octanol–water partition coefficient (Wildman–Crippen LogP) is -0.572. The first-order valence-electron chi connectivity index (χ1n) is 3.66. The van der Waals surface area contributed by atoms with Gasteiger partial charge in [0.25, 0.3) is 0 Å². The zero-order valence-electron chi connectivity index (χ0n) is 7.32. The number of carbonyl (C=O) groups is 2. The Hall–Kier alpha value is -0.750. The second-order valence-electron chi connectivity index (χ2n) is 1.99. The highest BCUT2D eigenvalue weighted by molar-refractivity contribution is 7.98. The van der Waals surface area contributed by atoms with Gasteiger partial charge < -0.3 is 14.6 Å². The van der Waals surface area contributed by atoms with Crippen LogP contribution in [0.25, 0.3) is 0 Å². The van der Waals surface area contributed by atoms with E-state index in [4.69, 9.17) is 5.11 Å². The molecule has 6 heteroatoms. The van der Waals surface area contributed by atoms with E-state index in [-0.39, 0.29) is 19.8 Å². The van der Waals surface area contributed by atoms with Crippen LogP contribution in [0, 0.1) is 0 Å². The maximum Gasteiger partial charge on any atom is 0.417 e. The van der Waals surface area contributed by atoms with Crippen LogP contribution in [-0.4, -0.2) is 48.9 Å². The molecule has 0 saturated heterocycles. The Bertz CT molecular complexity index is 170. The van der Waals surface area contributed by atoms with Crippen molar-refractivity contribution in [2.45, 2.75) is 0 Å². The highest BCUT2D eigenvalue weighted by Gasteiger charge is 2.16. The molecule has 0 aliphatic rings. The van der Waals surface area contributed by atoms with Gasteiger partial charge in [-0.25, -0.2) is 9.59 Å². The lowest BCUT2D eigenvalue weighted by atomic mass is 10.6. The summed E-state index contributed by atoms with van der Waals surface area (Å²) in [6.07, 6.45) is 1.86.